The molecule has 0 aliphatic heterocycles. The minimum atomic E-state index is 0.196. The lowest BCUT2D eigenvalue weighted by atomic mass is 9.99. The van der Waals surface area contributed by atoms with E-state index in [1.54, 1.807) is 11.3 Å². The SMILES string of the molecule is Cc1ccccc1CC(N)Cc1cc(Br)cs1. The fraction of sp³-hybridized carbons (Fsp3) is 0.286. The molecule has 0 radical (unpaired) electrons. The van der Waals surface area contributed by atoms with E-state index in [1.165, 1.54) is 16.0 Å². The van der Waals surface area contributed by atoms with Crippen LogP contribution in [0, 0.1) is 6.92 Å². The highest BCUT2D eigenvalue weighted by atomic mass is 79.9. The topological polar surface area (TPSA) is 26.0 Å². The van der Waals surface area contributed by atoms with Gasteiger partial charge in [0, 0.05) is 20.8 Å². The summed E-state index contributed by atoms with van der Waals surface area (Å²) >= 11 is 5.24. The summed E-state index contributed by atoms with van der Waals surface area (Å²) in [6.07, 6.45) is 1.90. The van der Waals surface area contributed by atoms with Gasteiger partial charge < -0.3 is 5.73 Å². The van der Waals surface area contributed by atoms with Gasteiger partial charge in [0.15, 0.2) is 0 Å². The molecule has 0 bridgehead atoms. The van der Waals surface area contributed by atoms with Gasteiger partial charge in [-0.25, -0.2) is 0 Å². The quantitative estimate of drug-likeness (QED) is 0.910. The first-order valence-corrected chi connectivity index (χ1v) is 7.35. The molecule has 0 spiro atoms. The summed E-state index contributed by atoms with van der Waals surface area (Å²) < 4.78 is 1.15. The fourth-order valence-electron chi connectivity index (χ4n) is 1.91. The number of hydrogen-bond donors (Lipinski definition) is 1. The average Bonchev–Trinajstić information content (AvgIpc) is 2.67. The van der Waals surface area contributed by atoms with E-state index in [4.69, 9.17) is 5.73 Å². The van der Waals surface area contributed by atoms with Gasteiger partial charge in [-0.2, -0.15) is 0 Å². The molecule has 1 atom stereocenters. The molecule has 0 saturated heterocycles. The molecule has 0 fully saturated rings. The van der Waals surface area contributed by atoms with Crippen LogP contribution in [-0.2, 0) is 12.8 Å². The van der Waals surface area contributed by atoms with Crippen LogP contribution < -0.4 is 5.73 Å². The highest BCUT2D eigenvalue weighted by Crippen LogP contribution is 2.21. The summed E-state index contributed by atoms with van der Waals surface area (Å²) in [7, 11) is 0. The molecule has 0 aliphatic rings. The van der Waals surface area contributed by atoms with Crippen LogP contribution in [0.2, 0.25) is 0 Å². The van der Waals surface area contributed by atoms with Gasteiger partial charge in [0.05, 0.1) is 0 Å². The predicted molar refractivity (Wildman–Crippen MR) is 78.6 cm³/mol. The Balaban J connectivity index is 1.98. The minimum Gasteiger partial charge on any atom is -0.327 e. The summed E-state index contributed by atoms with van der Waals surface area (Å²) in [5.74, 6) is 0. The van der Waals surface area contributed by atoms with Gasteiger partial charge in [0.2, 0.25) is 0 Å². The Morgan fingerprint density at radius 1 is 1.29 bits per heavy atom. The molecule has 0 saturated carbocycles. The zero-order valence-corrected chi connectivity index (χ0v) is 12.2. The molecule has 1 unspecified atom stereocenters. The lowest BCUT2D eigenvalue weighted by molar-refractivity contribution is 0.668. The Hall–Kier alpha value is -0.640. The van der Waals surface area contributed by atoms with E-state index in [1.807, 2.05) is 0 Å². The molecular weight excluding hydrogens is 294 g/mol. The van der Waals surface area contributed by atoms with Crippen molar-refractivity contribution in [3.8, 4) is 0 Å². The average molecular weight is 310 g/mol. The number of benzene rings is 1. The van der Waals surface area contributed by atoms with Crippen LogP contribution in [0.25, 0.3) is 0 Å². The molecule has 90 valence electrons. The third kappa shape index (κ3) is 3.66. The largest absolute Gasteiger partial charge is 0.327 e. The van der Waals surface area contributed by atoms with Crippen molar-refractivity contribution in [1.82, 2.24) is 0 Å². The maximum absolute atomic E-state index is 6.21. The van der Waals surface area contributed by atoms with Gasteiger partial charge in [0.25, 0.3) is 0 Å². The van der Waals surface area contributed by atoms with E-state index in [2.05, 4.69) is 58.6 Å². The Morgan fingerprint density at radius 3 is 2.71 bits per heavy atom. The molecule has 3 heteroatoms. The Labute approximate surface area is 115 Å². The molecule has 2 N–H and O–H groups in total. The van der Waals surface area contributed by atoms with Crippen molar-refractivity contribution in [3.05, 3.63) is 56.2 Å². The van der Waals surface area contributed by atoms with Crippen molar-refractivity contribution in [2.24, 2.45) is 5.73 Å². The van der Waals surface area contributed by atoms with Gasteiger partial charge in [0.1, 0.15) is 0 Å². The maximum atomic E-state index is 6.21. The van der Waals surface area contributed by atoms with Crippen molar-refractivity contribution in [2.45, 2.75) is 25.8 Å². The molecule has 2 aromatic rings. The summed E-state index contributed by atoms with van der Waals surface area (Å²) in [6, 6.07) is 10.8. The second kappa shape index (κ2) is 5.80. The van der Waals surface area contributed by atoms with Gasteiger partial charge in [-0.1, -0.05) is 24.3 Å². The zero-order valence-electron chi connectivity index (χ0n) is 9.82. The molecular formula is C14H16BrNS. The number of halogens is 1. The second-order valence-electron chi connectivity index (χ2n) is 4.33. The van der Waals surface area contributed by atoms with Crippen LogP contribution in [0.4, 0.5) is 0 Å². The second-order valence-corrected chi connectivity index (χ2v) is 6.24. The summed E-state index contributed by atoms with van der Waals surface area (Å²) in [4.78, 5) is 1.35. The summed E-state index contributed by atoms with van der Waals surface area (Å²) in [5, 5.41) is 2.11. The van der Waals surface area contributed by atoms with E-state index in [0.29, 0.717) is 0 Å². The van der Waals surface area contributed by atoms with Crippen LogP contribution in [0.1, 0.15) is 16.0 Å². The number of nitrogens with two attached hydrogens (primary N) is 1. The first-order valence-electron chi connectivity index (χ1n) is 5.68. The van der Waals surface area contributed by atoms with Crippen LogP contribution >= 0.6 is 27.3 Å². The number of thiophene rings is 1. The molecule has 0 amide bonds. The van der Waals surface area contributed by atoms with E-state index in [-0.39, 0.29) is 6.04 Å². The van der Waals surface area contributed by atoms with Gasteiger partial charge >= 0.3 is 0 Å². The first kappa shape index (κ1) is 12.8. The molecule has 1 aromatic heterocycles. The molecule has 1 heterocycles. The van der Waals surface area contributed by atoms with E-state index in [0.717, 1.165) is 17.3 Å². The fourth-order valence-corrected chi connectivity index (χ4v) is 3.46. The Morgan fingerprint density at radius 2 is 2.06 bits per heavy atom. The third-order valence-corrected chi connectivity index (χ3v) is 4.55. The number of rotatable bonds is 4. The lowest BCUT2D eigenvalue weighted by Crippen LogP contribution is -2.25. The van der Waals surface area contributed by atoms with Crippen molar-refractivity contribution >= 4 is 27.3 Å². The molecule has 0 aliphatic carbocycles. The third-order valence-electron chi connectivity index (χ3n) is 2.83. The van der Waals surface area contributed by atoms with Crippen molar-refractivity contribution in [3.63, 3.8) is 0 Å². The van der Waals surface area contributed by atoms with Crippen molar-refractivity contribution in [2.75, 3.05) is 0 Å². The van der Waals surface area contributed by atoms with Crippen LogP contribution in [0.5, 0.6) is 0 Å². The molecule has 17 heavy (non-hydrogen) atoms. The standard InChI is InChI=1S/C14H16BrNS/c1-10-4-2-3-5-11(10)6-13(16)8-14-7-12(15)9-17-14/h2-5,7,9,13H,6,8,16H2,1H3. The number of hydrogen-bond acceptors (Lipinski definition) is 2. The van der Waals surface area contributed by atoms with Gasteiger partial charge in [-0.15, -0.1) is 11.3 Å². The monoisotopic (exact) mass is 309 g/mol. The smallest absolute Gasteiger partial charge is 0.0285 e. The van der Waals surface area contributed by atoms with Crippen molar-refractivity contribution in [1.29, 1.82) is 0 Å². The van der Waals surface area contributed by atoms with Crippen LogP contribution in [0.15, 0.2) is 40.2 Å². The predicted octanol–water partition coefficient (Wildman–Crippen LogP) is 3.93. The highest BCUT2D eigenvalue weighted by molar-refractivity contribution is 9.10. The first-order chi connectivity index (χ1) is 8.15. The molecule has 1 nitrogen and oxygen atoms in total. The number of aryl methyl sites for hydroxylation is 1. The molecule has 1 aromatic carbocycles. The lowest BCUT2D eigenvalue weighted by Gasteiger charge is -2.12. The van der Waals surface area contributed by atoms with Gasteiger partial charge in [-0.05, 0) is 52.9 Å². The summed E-state index contributed by atoms with van der Waals surface area (Å²) in [6.45, 7) is 2.14. The normalized spacial score (nSPS) is 12.6. The highest BCUT2D eigenvalue weighted by Gasteiger charge is 2.08. The van der Waals surface area contributed by atoms with Crippen LogP contribution in [-0.4, -0.2) is 6.04 Å². The van der Waals surface area contributed by atoms with Crippen molar-refractivity contribution < 1.29 is 0 Å². The maximum Gasteiger partial charge on any atom is 0.0285 e. The summed E-state index contributed by atoms with van der Waals surface area (Å²) in [5.41, 5.74) is 8.89. The zero-order chi connectivity index (χ0) is 12.3. The Kier molecular flexibility index (Phi) is 4.37. The van der Waals surface area contributed by atoms with E-state index in [9.17, 15) is 0 Å². The van der Waals surface area contributed by atoms with Crippen LogP contribution in [0.3, 0.4) is 0 Å². The Bertz CT molecular complexity index is 492. The van der Waals surface area contributed by atoms with E-state index < -0.39 is 0 Å². The minimum absolute atomic E-state index is 0.196. The van der Waals surface area contributed by atoms with Gasteiger partial charge in [-0.3, -0.25) is 0 Å². The molecule has 2 rings (SSSR count). The van der Waals surface area contributed by atoms with E-state index >= 15 is 0 Å².